The maximum absolute atomic E-state index is 12.3. The molecule has 0 atom stereocenters. The van der Waals surface area contributed by atoms with Gasteiger partial charge in [0.1, 0.15) is 11.4 Å². The molecule has 0 saturated heterocycles. The lowest BCUT2D eigenvalue weighted by Crippen LogP contribution is -2.17. The third-order valence-corrected chi connectivity index (χ3v) is 5.65. The number of ether oxygens (including phenoxy) is 2. The highest BCUT2D eigenvalue weighted by molar-refractivity contribution is 5.98. The number of hydrogen-bond acceptors (Lipinski definition) is 5. The Morgan fingerprint density at radius 2 is 1.67 bits per heavy atom. The van der Waals surface area contributed by atoms with Crippen LogP contribution in [-0.2, 0) is 19.6 Å². The van der Waals surface area contributed by atoms with Crippen molar-refractivity contribution in [1.82, 2.24) is 9.88 Å². The summed E-state index contributed by atoms with van der Waals surface area (Å²) in [6, 6.07) is 20.5. The van der Waals surface area contributed by atoms with Crippen molar-refractivity contribution >= 4 is 16.9 Å². The summed E-state index contributed by atoms with van der Waals surface area (Å²) in [5.41, 5.74) is 3.77. The summed E-state index contributed by atoms with van der Waals surface area (Å²) >= 11 is 0. The van der Waals surface area contributed by atoms with Gasteiger partial charge in [0.15, 0.2) is 11.5 Å². The fourth-order valence-electron chi connectivity index (χ4n) is 4.04. The number of benzene rings is 3. The van der Waals surface area contributed by atoms with E-state index in [1.807, 2.05) is 53.1 Å². The Kier molecular flexibility index (Phi) is 6.51. The van der Waals surface area contributed by atoms with E-state index in [1.54, 1.807) is 25.3 Å². The summed E-state index contributed by atoms with van der Waals surface area (Å²) in [7, 11) is 3.12. The Morgan fingerprint density at radius 1 is 0.939 bits per heavy atom. The molecule has 170 valence electrons. The van der Waals surface area contributed by atoms with E-state index in [1.165, 1.54) is 7.11 Å². The molecule has 4 rings (SSSR count). The monoisotopic (exact) mass is 446 g/mol. The second kappa shape index (κ2) is 9.67. The Labute approximate surface area is 191 Å². The van der Waals surface area contributed by atoms with Crippen LogP contribution in [0.25, 0.3) is 10.9 Å². The summed E-state index contributed by atoms with van der Waals surface area (Å²) in [4.78, 5) is 12.3. The van der Waals surface area contributed by atoms with E-state index in [4.69, 9.17) is 9.47 Å². The molecule has 0 aliphatic carbocycles. The highest BCUT2D eigenvalue weighted by Crippen LogP contribution is 2.29. The molecule has 4 aromatic rings. The predicted octanol–water partition coefficient (Wildman–Crippen LogP) is 4.40. The molecule has 3 aromatic carbocycles. The van der Waals surface area contributed by atoms with Gasteiger partial charge in [-0.25, -0.2) is 4.79 Å². The van der Waals surface area contributed by atoms with Gasteiger partial charge >= 0.3 is 5.97 Å². The molecule has 0 amide bonds. The van der Waals surface area contributed by atoms with Crippen LogP contribution in [0.5, 0.6) is 17.2 Å². The van der Waals surface area contributed by atoms with Gasteiger partial charge in [0, 0.05) is 36.1 Å². The van der Waals surface area contributed by atoms with E-state index >= 15 is 0 Å². The molecule has 0 fully saturated rings. The number of phenols is 1. The number of para-hydroxylation sites is 1. The lowest BCUT2D eigenvalue weighted by atomic mass is 10.1. The normalized spacial score (nSPS) is 11.0. The van der Waals surface area contributed by atoms with E-state index in [2.05, 4.69) is 5.32 Å². The number of carboxylic acid groups (broad SMARTS) is 1. The third kappa shape index (κ3) is 4.63. The average molecular weight is 447 g/mol. The largest absolute Gasteiger partial charge is 0.504 e. The summed E-state index contributed by atoms with van der Waals surface area (Å²) in [6.45, 7) is 1.30. The van der Waals surface area contributed by atoms with Gasteiger partial charge in [-0.3, -0.25) is 0 Å². The van der Waals surface area contributed by atoms with Gasteiger partial charge in [0.05, 0.1) is 14.2 Å². The van der Waals surface area contributed by atoms with Crippen LogP contribution in [0.15, 0.2) is 66.7 Å². The van der Waals surface area contributed by atoms with Gasteiger partial charge in [-0.2, -0.15) is 0 Å². The minimum absolute atomic E-state index is 0.0796. The fourth-order valence-corrected chi connectivity index (χ4v) is 4.04. The van der Waals surface area contributed by atoms with E-state index in [0.29, 0.717) is 25.4 Å². The van der Waals surface area contributed by atoms with Crippen LogP contribution >= 0.6 is 0 Å². The third-order valence-electron chi connectivity index (χ3n) is 5.65. The number of rotatable bonds is 9. The molecule has 0 saturated carbocycles. The molecule has 0 radical (unpaired) electrons. The summed E-state index contributed by atoms with van der Waals surface area (Å²) in [6.07, 6.45) is 0. The standard InChI is InChI=1S/C26H26N2O5/c1-32-19-10-7-17(8-11-19)16-28-22-6-4-3-5-20(22)21(25(28)26(30)31)15-27-14-18-9-12-23(29)24(13-18)33-2/h3-13,27,29H,14-16H2,1-2H3,(H,30,31). The van der Waals surface area contributed by atoms with Crippen molar-refractivity contribution in [2.45, 2.75) is 19.6 Å². The summed E-state index contributed by atoms with van der Waals surface area (Å²) < 4.78 is 12.2. The summed E-state index contributed by atoms with van der Waals surface area (Å²) in [5, 5.41) is 24.1. The molecule has 1 heterocycles. The number of fused-ring (bicyclic) bond motifs is 1. The van der Waals surface area contributed by atoms with Crippen molar-refractivity contribution in [2.24, 2.45) is 0 Å². The molecule has 0 aliphatic rings. The second-order valence-corrected chi connectivity index (χ2v) is 7.69. The second-order valence-electron chi connectivity index (χ2n) is 7.69. The zero-order chi connectivity index (χ0) is 23.4. The van der Waals surface area contributed by atoms with E-state index in [9.17, 15) is 15.0 Å². The molecular weight excluding hydrogens is 420 g/mol. The van der Waals surface area contributed by atoms with E-state index in [0.717, 1.165) is 33.3 Å². The Balaban J connectivity index is 1.64. The van der Waals surface area contributed by atoms with Crippen molar-refractivity contribution in [1.29, 1.82) is 0 Å². The maximum atomic E-state index is 12.3. The van der Waals surface area contributed by atoms with Crippen molar-refractivity contribution in [3.8, 4) is 17.2 Å². The fraction of sp³-hybridized carbons (Fsp3) is 0.192. The molecule has 7 nitrogen and oxygen atoms in total. The Hall–Kier alpha value is -3.97. The number of aromatic hydroxyl groups is 1. The van der Waals surface area contributed by atoms with Crippen molar-refractivity contribution in [3.05, 3.63) is 89.1 Å². The predicted molar refractivity (Wildman–Crippen MR) is 126 cm³/mol. The molecule has 7 heteroatoms. The molecule has 3 N–H and O–H groups in total. The van der Waals surface area contributed by atoms with Crippen LogP contribution in [0.3, 0.4) is 0 Å². The number of nitrogens with one attached hydrogen (secondary N) is 1. The molecular formula is C26H26N2O5. The minimum atomic E-state index is -0.970. The molecule has 0 aliphatic heterocycles. The number of phenolic OH excluding ortho intramolecular Hbond substituents is 1. The highest BCUT2D eigenvalue weighted by atomic mass is 16.5. The number of nitrogens with zero attached hydrogens (tertiary/aromatic N) is 1. The van der Waals surface area contributed by atoms with Gasteiger partial charge in [-0.05, 0) is 41.5 Å². The molecule has 0 unspecified atom stereocenters. The summed E-state index contributed by atoms with van der Waals surface area (Å²) in [5.74, 6) is 0.265. The van der Waals surface area contributed by atoms with Gasteiger partial charge in [-0.1, -0.05) is 36.4 Å². The number of aromatic nitrogens is 1. The Morgan fingerprint density at radius 3 is 2.36 bits per heavy atom. The first kappa shape index (κ1) is 22.2. The molecule has 0 spiro atoms. The number of carboxylic acids is 1. The van der Waals surface area contributed by atoms with Crippen LogP contribution < -0.4 is 14.8 Å². The van der Waals surface area contributed by atoms with Gasteiger partial charge in [-0.15, -0.1) is 0 Å². The maximum Gasteiger partial charge on any atom is 0.352 e. The van der Waals surface area contributed by atoms with E-state index in [-0.39, 0.29) is 11.4 Å². The lowest BCUT2D eigenvalue weighted by Gasteiger charge is -2.11. The smallest absolute Gasteiger partial charge is 0.352 e. The van der Waals surface area contributed by atoms with Gasteiger partial charge < -0.3 is 29.6 Å². The minimum Gasteiger partial charge on any atom is -0.504 e. The average Bonchev–Trinajstić information content (AvgIpc) is 3.14. The van der Waals surface area contributed by atoms with Crippen molar-refractivity contribution in [3.63, 3.8) is 0 Å². The van der Waals surface area contributed by atoms with Crippen LogP contribution in [-0.4, -0.2) is 35.0 Å². The highest BCUT2D eigenvalue weighted by Gasteiger charge is 2.22. The zero-order valence-electron chi connectivity index (χ0n) is 18.5. The number of hydrogen-bond donors (Lipinski definition) is 3. The van der Waals surface area contributed by atoms with Crippen LogP contribution in [0.4, 0.5) is 0 Å². The zero-order valence-corrected chi connectivity index (χ0v) is 18.5. The van der Waals surface area contributed by atoms with Crippen LogP contribution in [0.2, 0.25) is 0 Å². The quantitative estimate of drug-likeness (QED) is 0.353. The molecule has 1 aromatic heterocycles. The first-order valence-corrected chi connectivity index (χ1v) is 10.5. The topological polar surface area (TPSA) is 93.0 Å². The lowest BCUT2D eigenvalue weighted by molar-refractivity contribution is 0.0684. The van der Waals surface area contributed by atoms with Gasteiger partial charge in [0.25, 0.3) is 0 Å². The van der Waals surface area contributed by atoms with Gasteiger partial charge in [0.2, 0.25) is 0 Å². The molecule has 33 heavy (non-hydrogen) atoms. The number of methoxy groups -OCH3 is 2. The SMILES string of the molecule is COc1ccc(Cn2c(C(=O)O)c(CNCc3ccc(O)c(OC)c3)c3ccccc32)cc1. The number of aromatic carboxylic acids is 1. The Bertz CT molecular complexity index is 1280. The van der Waals surface area contributed by atoms with Crippen molar-refractivity contribution < 1.29 is 24.5 Å². The first-order valence-electron chi connectivity index (χ1n) is 10.5. The van der Waals surface area contributed by atoms with E-state index < -0.39 is 5.97 Å². The van der Waals surface area contributed by atoms with Crippen LogP contribution in [0, 0.1) is 0 Å². The number of carbonyl (C=O) groups is 1. The van der Waals surface area contributed by atoms with Crippen LogP contribution in [0.1, 0.15) is 27.2 Å². The molecule has 0 bridgehead atoms. The first-order chi connectivity index (χ1) is 16.0. The van der Waals surface area contributed by atoms with Crippen molar-refractivity contribution in [2.75, 3.05) is 14.2 Å².